The van der Waals surface area contributed by atoms with Gasteiger partial charge in [-0.2, -0.15) is 0 Å². The van der Waals surface area contributed by atoms with Gasteiger partial charge in [-0.1, -0.05) is 18.2 Å². The van der Waals surface area contributed by atoms with E-state index in [-0.39, 0.29) is 30.4 Å². The average Bonchev–Trinajstić information content (AvgIpc) is 2.63. The van der Waals surface area contributed by atoms with E-state index >= 15 is 0 Å². The highest BCUT2D eigenvalue weighted by molar-refractivity contribution is 5.81. The van der Waals surface area contributed by atoms with Crippen LogP contribution in [0.3, 0.4) is 0 Å². The third kappa shape index (κ3) is 4.36. The summed E-state index contributed by atoms with van der Waals surface area (Å²) >= 11 is 0. The number of carbonyl (C=O) groups is 2. The first kappa shape index (κ1) is 18.7. The number of hydrogen-bond donors (Lipinski definition) is 0. The van der Waals surface area contributed by atoms with E-state index in [0.29, 0.717) is 32.8 Å². The number of rotatable bonds is 6. The lowest BCUT2D eigenvalue weighted by molar-refractivity contribution is -0.148. The number of nitrogens with zero attached hydrogens (tertiary/aromatic N) is 2. The van der Waals surface area contributed by atoms with Gasteiger partial charge in [0.05, 0.1) is 13.1 Å². The molecule has 0 aliphatic carbocycles. The Bertz CT molecular complexity index is 634. The lowest BCUT2D eigenvalue weighted by atomic mass is 9.93. The first-order valence-electron chi connectivity index (χ1n) is 9.45. The second-order valence-electron chi connectivity index (χ2n) is 7.04. The van der Waals surface area contributed by atoms with Crippen LogP contribution in [0.25, 0.3) is 0 Å². The fourth-order valence-corrected chi connectivity index (χ4v) is 3.48. The quantitative estimate of drug-likeness (QED) is 0.777. The normalized spacial score (nSPS) is 18.5. The van der Waals surface area contributed by atoms with Crippen molar-refractivity contribution >= 4 is 11.8 Å². The number of piperidine rings is 1. The summed E-state index contributed by atoms with van der Waals surface area (Å²) in [4.78, 5) is 28.3. The number of ether oxygens (including phenoxy) is 2. The summed E-state index contributed by atoms with van der Waals surface area (Å²) < 4.78 is 11.2. The van der Waals surface area contributed by atoms with Gasteiger partial charge in [-0.15, -0.1) is 0 Å². The Labute approximate surface area is 155 Å². The summed E-state index contributed by atoms with van der Waals surface area (Å²) in [6.45, 7) is 7.16. The maximum atomic E-state index is 12.6. The van der Waals surface area contributed by atoms with Crippen molar-refractivity contribution in [2.24, 2.45) is 5.92 Å². The van der Waals surface area contributed by atoms with E-state index in [4.69, 9.17) is 9.47 Å². The van der Waals surface area contributed by atoms with Crippen molar-refractivity contribution in [1.82, 2.24) is 9.80 Å². The molecule has 1 aromatic carbocycles. The Kier molecular flexibility index (Phi) is 6.14. The molecule has 2 aliphatic rings. The van der Waals surface area contributed by atoms with E-state index in [0.717, 1.165) is 24.2 Å². The van der Waals surface area contributed by atoms with Gasteiger partial charge in [-0.25, -0.2) is 0 Å². The van der Waals surface area contributed by atoms with Crippen LogP contribution in [0, 0.1) is 12.8 Å². The number of benzene rings is 1. The zero-order valence-corrected chi connectivity index (χ0v) is 15.6. The molecule has 0 saturated carbocycles. The summed E-state index contributed by atoms with van der Waals surface area (Å²) in [5.41, 5.74) is 1.11. The van der Waals surface area contributed by atoms with Gasteiger partial charge in [-0.3, -0.25) is 9.59 Å². The highest BCUT2D eigenvalue weighted by Crippen LogP contribution is 2.25. The van der Waals surface area contributed by atoms with Crippen LogP contribution >= 0.6 is 0 Å². The van der Waals surface area contributed by atoms with Crippen LogP contribution < -0.4 is 4.74 Å². The van der Waals surface area contributed by atoms with Gasteiger partial charge in [0.15, 0.2) is 0 Å². The maximum Gasteiger partial charge on any atom is 0.248 e. The number of aryl methyl sites for hydroxylation is 1. The fraction of sp³-hybridized carbons (Fsp3) is 0.600. The third-order valence-electron chi connectivity index (χ3n) is 5.17. The van der Waals surface area contributed by atoms with Gasteiger partial charge < -0.3 is 19.3 Å². The predicted octanol–water partition coefficient (Wildman–Crippen LogP) is 1.86. The monoisotopic (exact) mass is 360 g/mol. The molecule has 2 heterocycles. The molecule has 6 heteroatoms. The highest BCUT2D eigenvalue weighted by atomic mass is 16.5. The number of hydrogen-bond acceptors (Lipinski definition) is 4. The van der Waals surface area contributed by atoms with E-state index in [9.17, 15) is 9.59 Å². The van der Waals surface area contributed by atoms with Crippen molar-refractivity contribution in [2.45, 2.75) is 32.8 Å². The summed E-state index contributed by atoms with van der Waals surface area (Å²) in [5, 5.41) is 0. The highest BCUT2D eigenvalue weighted by Gasteiger charge is 2.37. The molecule has 2 fully saturated rings. The summed E-state index contributed by atoms with van der Waals surface area (Å²) in [6.07, 6.45) is 1.54. The second kappa shape index (κ2) is 8.54. The zero-order chi connectivity index (χ0) is 18.5. The maximum absolute atomic E-state index is 12.6. The van der Waals surface area contributed by atoms with Gasteiger partial charge in [0.25, 0.3) is 0 Å². The molecule has 2 amide bonds. The molecule has 0 atom stereocenters. The third-order valence-corrected chi connectivity index (χ3v) is 5.17. The Morgan fingerprint density at radius 1 is 1.12 bits per heavy atom. The summed E-state index contributed by atoms with van der Waals surface area (Å²) in [5.74, 6) is 1.14. The van der Waals surface area contributed by atoms with Crippen LogP contribution in [0.1, 0.15) is 25.3 Å². The Morgan fingerprint density at radius 3 is 2.46 bits per heavy atom. The molecule has 0 N–H and O–H groups in total. The van der Waals surface area contributed by atoms with Crippen molar-refractivity contribution in [2.75, 3.05) is 39.4 Å². The fourth-order valence-electron chi connectivity index (χ4n) is 3.48. The summed E-state index contributed by atoms with van der Waals surface area (Å²) in [7, 11) is 0. The molecule has 26 heavy (non-hydrogen) atoms. The van der Waals surface area contributed by atoms with Gasteiger partial charge in [0, 0.05) is 25.6 Å². The van der Waals surface area contributed by atoms with Crippen LogP contribution in [0.4, 0.5) is 0 Å². The molecule has 0 spiro atoms. The molecule has 0 bridgehead atoms. The van der Waals surface area contributed by atoms with Gasteiger partial charge in [0.2, 0.25) is 11.8 Å². The van der Waals surface area contributed by atoms with Crippen LogP contribution in [-0.4, -0.2) is 67.1 Å². The molecule has 142 valence electrons. The molecule has 0 aromatic heterocycles. The molecular formula is C20H28N2O4. The number of para-hydroxylation sites is 1. The minimum absolute atomic E-state index is 0.0190. The molecule has 6 nitrogen and oxygen atoms in total. The second-order valence-corrected chi connectivity index (χ2v) is 7.04. The molecule has 2 saturated heterocycles. The Balaban J connectivity index is 1.40. The van der Waals surface area contributed by atoms with Gasteiger partial charge in [-0.05, 0) is 38.3 Å². The van der Waals surface area contributed by atoms with E-state index in [1.54, 1.807) is 4.90 Å². The average molecular weight is 360 g/mol. The molecular weight excluding hydrogens is 332 g/mol. The first-order valence-corrected chi connectivity index (χ1v) is 9.45. The van der Waals surface area contributed by atoms with Crippen LogP contribution in [0.2, 0.25) is 0 Å². The smallest absolute Gasteiger partial charge is 0.248 e. The van der Waals surface area contributed by atoms with E-state index in [1.165, 1.54) is 0 Å². The zero-order valence-electron chi connectivity index (χ0n) is 15.6. The minimum Gasteiger partial charge on any atom is -0.486 e. The lowest BCUT2D eigenvalue weighted by Gasteiger charge is -2.42. The molecule has 0 unspecified atom stereocenters. The van der Waals surface area contributed by atoms with Crippen molar-refractivity contribution in [1.29, 1.82) is 0 Å². The molecule has 1 aromatic rings. The first-order chi connectivity index (χ1) is 12.6. The lowest BCUT2D eigenvalue weighted by Crippen LogP contribution is -2.58. The van der Waals surface area contributed by atoms with Gasteiger partial charge in [0.1, 0.15) is 18.5 Å². The van der Waals surface area contributed by atoms with Crippen LogP contribution in [0.5, 0.6) is 5.75 Å². The topological polar surface area (TPSA) is 59.1 Å². The van der Waals surface area contributed by atoms with Crippen molar-refractivity contribution < 1.29 is 19.1 Å². The summed E-state index contributed by atoms with van der Waals surface area (Å²) in [6, 6.07) is 7.95. The van der Waals surface area contributed by atoms with Crippen molar-refractivity contribution in [3.8, 4) is 5.75 Å². The molecule has 3 rings (SSSR count). The van der Waals surface area contributed by atoms with Crippen molar-refractivity contribution in [3.63, 3.8) is 0 Å². The number of carbonyl (C=O) groups excluding carboxylic acids is 2. The standard InChI is InChI=1S/C20H28N2O4/c1-3-25-14-19(23)21-10-8-16(9-11-21)20(24)22-12-17(13-22)26-18-7-5-4-6-15(18)2/h4-7,16-17H,3,8-14H2,1-2H3. The molecule has 0 radical (unpaired) electrons. The van der Waals surface area contributed by atoms with E-state index in [1.807, 2.05) is 43.0 Å². The Hall–Kier alpha value is -2.08. The minimum atomic E-state index is 0.0190. The number of likely N-dealkylation sites (tertiary alicyclic amines) is 2. The Morgan fingerprint density at radius 2 is 1.81 bits per heavy atom. The largest absolute Gasteiger partial charge is 0.486 e. The van der Waals surface area contributed by atoms with E-state index in [2.05, 4.69) is 0 Å². The predicted molar refractivity (Wildman–Crippen MR) is 98.0 cm³/mol. The SMILES string of the molecule is CCOCC(=O)N1CCC(C(=O)N2CC(Oc3ccccc3C)C2)CC1. The van der Waals surface area contributed by atoms with E-state index < -0.39 is 0 Å². The van der Waals surface area contributed by atoms with Crippen molar-refractivity contribution in [3.05, 3.63) is 29.8 Å². The van der Waals surface area contributed by atoms with Crippen LogP contribution in [0.15, 0.2) is 24.3 Å². The van der Waals surface area contributed by atoms with Crippen LogP contribution in [-0.2, 0) is 14.3 Å². The molecule has 2 aliphatic heterocycles. The van der Waals surface area contributed by atoms with Gasteiger partial charge >= 0.3 is 0 Å². The number of amides is 2.